The van der Waals surface area contributed by atoms with Crippen LogP contribution < -0.4 is 0 Å². The van der Waals surface area contributed by atoms with Gasteiger partial charge in [-0.1, -0.05) is 13.8 Å². The molecule has 0 fully saturated rings. The minimum absolute atomic E-state index is 0.131. The SMILES string of the molecule is CC(C)C(=O)C(C)(C)[S+](C)C. The van der Waals surface area contributed by atoms with Gasteiger partial charge in [-0.2, -0.15) is 0 Å². The summed E-state index contributed by atoms with van der Waals surface area (Å²) in [6.07, 6.45) is 4.25. The largest absolute Gasteiger partial charge is 0.293 e. The number of rotatable bonds is 3. The lowest BCUT2D eigenvalue weighted by molar-refractivity contribution is -0.123. The molecule has 0 aromatic heterocycles. The lowest BCUT2D eigenvalue weighted by Crippen LogP contribution is -2.41. The maximum absolute atomic E-state index is 11.6. The predicted molar refractivity (Wildman–Crippen MR) is 53.1 cm³/mol. The van der Waals surface area contributed by atoms with Gasteiger partial charge in [-0.25, -0.2) is 0 Å². The van der Waals surface area contributed by atoms with Crippen molar-refractivity contribution in [3.8, 4) is 0 Å². The molecule has 2 heteroatoms. The number of hydrogen-bond acceptors (Lipinski definition) is 1. The highest BCUT2D eigenvalue weighted by atomic mass is 32.2. The van der Waals surface area contributed by atoms with E-state index in [1.807, 2.05) is 27.7 Å². The van der Waals surface area contributed by atoms with Crippen molar-refractivity contribution in [1.82, 2.24) is 0 Å². The van der Waals surface area contributed by atoms with E-state index in [9.17, 15) is 4.79 Å². The van der Waals surface area contributed by atoms with Crippen LogP contribution in [0.2, 0.25) is 0 Å². The molecule has 0 saturated heterocycles. The van der Waals surface area contributed by atoms with E-state index in [1.165, 1.54) is 0 Å². The molecule has 0 rings (SSSR count). The molecule has 0 saturated carbocycles. The van der Waals surface area contributed by atoms with Crippen molar-refractivity contribution in [1.29, 1.82) is 0 Å². The average Bonchev–Trinajstić information content (AvgIpc) is 1.85. The maximum Gasteiger partial charge on any atom is 0.189 e. The van der Waals surface area contributed by atoms with Gasteiger partial charge in [-0.3, -0.25) is 4.79 Å². The van der Waals surface area contributed by atoms with Gasteiger partial charge < -0.3 is 0 Å². The summed E-state index contributed by atoms with van der Waals surface area (Å²) in [4.78, 5) is 11.6. The molecular formula is C9H19OS+. The molecule has 11 heavy (non-hydrogen) atoms. The van der Waals surface area contributed by atoms with E-state index in [4.69, 9.17) is 0 Å². The van der Waals surface area contributed by atoms with Gasteiger partial charge in [-0.15, -0.1) is 0 Å². The number of carbonyl (C=O) groups is 1. The molecule has 0 aromatic carbocycles. The highest BCUT2D eigenvalue weighted by Crippen LogP contribution is 2.20. The summed E-state index contributed by atoms with van der Waals surface area (Å²) in [5.74, 6) is 0.547. The number of Topliss-reactive ketones (excluding diaryl/α,β-unsaturated/α-hetero) is 1. The van der Waals surface area contributed by atoms with Crippen LogP contribution in [-0.4, -0.2) is 23.0 Å². The van der Waals surface area contributed by atoms with Crippen LogP contribution in [0.1, 0.15) is 27.7 Å². The van der Waals surface area contributed by atoms with Crippen molar-refractivity contribution in [3.05, 3.63) is 0 Å². The molecule has 0 unspecified atom stereocenters. The van der Waals surface area contributed by atoms with E-state index in [0.717, 1.165) is 0 Å². The molecular weight excluding hydrogens is 156 g/mol. The average molecular weight is 175 g/mol. The Balaban J connectivity index is 4.43. The normalized spacial score (nSPS) is 12.7. The van der Waals surface area contributed by atoms with Crippen molar-refractivity contribution in [2.45, 2.75) is 32.4 Å². The molecule has 0 radical (unpaired) electrons. The quantitative estimate of drug-likeness (QED) is 0.598. The molecule has 0 amide bonds. The van der Waals surface area contributed by atoms with Gasteiger partial charge in [0, 0.05) is 5.92 Å². The molecule has 1 nitrogen and oxygen atoms in total. The standard InChI is InChI=1S/C9H19OS/c1-7(2)8(10)9(3,4)11(5)6/h7H,1-6H3/q+1. The van der Waals surface area contributed by atoms with Crippen LogP contribution in [0.5, 0.6) is 0 Å². The van der Waals surface area contributed by atoms with E-state index in [2.05, 4.69) is 12.5 Å². The van der Waals surface area contributed by atoms with Gasteiger partial charge in [0.1, 0.15) is 0 Å². The number of ketones is 1. The second-order valence-corrected chi connectivity index (χ2v) is 6.50. The fourth-order valence-electron chi connectivity index (χ4n) is 0.896. The number of carbonyl (C=O) groups excluding carboxylic acids is 1. The minimum atomic E-state index is -0.131. The zero-order valence-electron chi connectivity index (χ0n) is 8.39. The van der Waals surface area contributed by atoms with Crippen LogP contribution in [0.3, 0.4) is 0 Å². The maximum atomic E-state index is 11.6. The third-order valence-electron chi connectivity index (χ3n) is 2.14. The van der Waals surface area contributed by atoms with Gasteiger partial charge in [-0.05, 0) is 24.7 Å². The molecule has 66 valence electrons. The summed E-state index contributed by atoms with van der Waals surface area (Å²) in [5, 5.41) is 0. The molecule has 0 N–H and O–H groups in total. The third-order valence-corrected chi connectivity index (χ3v) is 4.38. The van der Waals surface area contributed by atoms with Crippen LogP contribution in [0.15, 0.2) is 0 Å². The van der Waals surface area contributed by atoms with Gasteiger partial charge >= 0.3 is 0 Å². The summed E-state index contributed by atoms with van der Waals surface area (Å²) >= 11 is 0. The first-order valence-corrected chi connectivity index (χ1v) is 5.96. The fourth-order valence-corrected chi connectivity index (χ4v) is 1.53. The van der Waals surface area contributed by atoms with E-state index >= 15 is 0 Å². The van der Waals surface area contributed by atoms with Gasteiger partial charge in [0.25, 0.3) is 0 Å². The van der Waals surface area contributed by atoms with Crippen LogP contribution in [-0.2, 0) is 15.7 Å². The molecule has 0 aliphatic heterocycles. The number of hydrogen-bond donors (Lipinski definition) is 0. The van der Waals surface area contributed by atoms with E-state index in [-0.39, 0.29) is 21.6 Å². The van der Waals surface area contributed by atoms with Gasteiger partial charge in [0.15, 0.2) is 10.5 Å². The van der Waals surface area contributed by atoms with Crippen LogP contribution in [0, 0.1) is 5.92 Å². The second kappa shape index (κ2) is 3.61. The first-order valence-electron chi connectivity index (χ1n) is 3.92. The molecule has 0 aliphatic rings. The summed E-state index contributed by atoms with van der Waals surface area (Å²) in [6.45, 7) is 8.02. The molecule has 0 heterocycles. The lowest BCUT2D eigenvalue weighted by atomic mass is 9.98. The van der Waals surface area contributed by atoms with E-state index in [1.54, 1.807) is 0 Å². The molecule has 0 spiro atoms. The third kappa shape index (κ3) is 2.51. The Kier molecular flexibility index (Phi) is 3.62. The topological polar surface area (TPSA) is 17.1 Å². The summed E-state index contributed by atoms with van der Waals surface area (Å²) in [7, 11) is 0.174. The molecule has 0 atom stereocenters. The highest BCUT2D eigenvalue weighted by Gasteiger charge is 2.40. The van der Waals surface area contributed by atoms with E-state index < -0.39 is 0 Å². The Morgan fingerprint density at radius 1 is 1.27 bits per heavy atom. The van der Waals surface area contributed by atoms with Crippen molar-refractivity contribution in [3.63, 3.8) is 0 Å². The lowest BCUT2D eigenvalue weighted by Gasteiger charge is -2.21. The Bertz CT molecular complexity index is 148. The fraction of sp³-hybridized carbons (Fsp3) is 0.889. The van der Waals surface area contributed by atoms with E-state index in [0.29, 0.717) is 5.78 Å². The van der Waals surface area contributed by atoms with Crippen molar-refractivity contribution in [2.75, 3.05) is 12.5 Å². The Morgan fingerprint density at radius 2 is 1.64 bits per heavy atom. The van der Waals surface area contributed by atoms with Crippen LogP contribution in [0.25, 0.3) is 0 Å². The van der Waals surface area contributed by atoms with Crippen molar-refractivity contribution in [2.24, 2.45) is 5.92 Å². The zero-order chi connectivity index (χ0) is 9.23. The van der Waals surface area contributed by atoms with Gasteiger partial charge in [0.2, 0.25) is 0 Å². The molecule has 0 bridgehead atoms. The van der Waals surface area contributed by atoms with Crippen molar-refractivity contribution >= 4 is 16.7 Å². The van der Waals surface area contributed by atoms with Crippen LogP contribution >= 0.6 is 0 Å². The summed E-state index contributed by atoms with van der Waals surface area (Å²) in [5.41, 5.74) is 0. The summed E-state index contributed by atoms with van der Waals surface area (Å²) < 4.78 is -0.131. The first-order chi connectivity index (χ1) is 4.80. The minimum Gasteiger partial charge on any atom is -0.293 e. The zero-order valence-corrected chi connectivity index (χ0v) is 9.21. The molecule has 0 aromatic rings. The second-order valence-electron chi connectivity index (χ2n) is 3.85. The highest BCUT2D eigenvalue weighted by molar-refractivity contribution is 7.97. The van der Waals surface area contributed by atoms with Crippen molar-refractivity contribution < 1.29 is 4.79 Å². The predicted octanol–water partition coefficient (Wildman–Crippen LogP) is 1.87. The summed E-state index contributed by atoms with van der Waals surface area (Å²) in [6, 6.07) is 0. The Morgan fingerprint density at radius 3 is 1.73 bits per heavy atom. The Hall–Kier alpha value is 0.0200. The smallest absolute Gasteiger partial charge is 0.189 e. The molecule has 0 aliphatic carbocycles. The Labute approximate surface area is 72.9 Å². The monoisotopic (exact) mass is 175 g/mol. The van der Waals surface area contributed by atoms with Gasteiger partial charge in [0.05, 0.1) is 12.5 Å². The first kappa shape index (κ1) is 11.0. The van der Waals surface area contributed by atoms with Crippen LogP contribution in [0.4, 0.5) is 0 Å².